The third-order valence-electron chi connectivity index (χ3n) is 3.11. The second kappa shape index (κ2) is 7.02. The van der Waals surface area contributed by atoms with E-state index < -0.39 is 0 Å². The molecule has 0 saturated carbocycles. The average Bonchev–Trinajstić information content (AvgIpc) is 2.47. The number of anilines is 1. The fourth-order valence-electron chi connectivity index (χ4n) is 1.92. The van der Waals surface area contributed by atoms with Crippen molar-refractivity contribution in [2.75, 3.05) is 11.9 Å². The number of halogens is 1. The molecule has 0 amide bonds. The van der Waals surface area contributed by atoms with Crippen molar-refractivity contribution in [1.29, 1.82) is 0 Å². The normalized spacial score (nSPS) is 10.6. The fourth-order valence-corrected chi connectivity index (χ4v) is 2.73. The molecule has 1 aromatic carbocycles. The monoisotopic (exact) mass is 381 g/mol. The summed E-state index contributed by atoms with van der Waals surface area (Å²) in [5.74, 6) is 1.76. The lowest BCUT2D eigenvalue weighted by molar-refractivity contribution is 0.943. The van der Waals surface area contributed by atoms with Gasteiger partial charge in [0.2, 0.25) is 0 Å². The van der Waals surface area contributed by atoms with Gasteiger partial charge in [-0.1, -0.05) is 43.7 Å². The van der Waals surface area contributed by atoms with Crippen LogP contribution in [0.15, 0.2) is 24.3 Å². The summed E-state index contributed by atoms with van der Waals surface area (Å²) in [6, 6.07) is 8.37. The van der Waals surface area contributed by atoms with Gasteiger partial charge in [-0.25, -0.2) is 9.97 Å². The molecule has 0 aliphatic carbocycles. The zero-order valence-corrected chi connectivity index (χ0v) is 14.4. The van der Waals surface area contributed by atoms with E-state index in [1.165, 1.54) is 5.56 Å². The summed E-state index contributed by atoms with van der Waals surface area (Å²) < 4.78 is 1.13. The topological polar surface area (TPSA) is 37.8 Å². The van der Waals surface area contributed by atoms with Gasteiger partial charge in [0.15, 0.2) is 5.82 Å². The smallest absolute Gasteiger partial charge is 0.161 e. The van der Waals surface area contributed by atoms with Gasteiger partial charge in [0.25, 0.3) is 0 Å². The lowest BCUT2D eigenvalue weighted by Gasteiger charge is -2.12. The van der Waals surface area contributed by atoms with Crippen LogP contribution in [0.4, 0.5) is 5.82 Å². The Balaban J connectivity index is 2.44. The van der Waals surface area contributed by atoms with Crippen LogP contribution >= 0.6 is 22.6 Å². The van der Waals surface area contributed by atoms with Crippen LogP contribution in [0.3, 0.4) is 0 Å². The molecular formula is C16H20IN3. The molecule has 0 atom stereocenters. The van der Waals surface area contributed by atoms with Crippen molar-refractivity contribution in [2.24, 2.45) is 0 Å². The largest absolute Gasteiger partial charge is 0.369 e. The van der Waals surface area contributed by atoms with Gasteiger partial charge in [0.1, 0.15) is 5.82 Å². The molecule has 0 bridgehead atoms. The van der Waals surface area contributed by atoms with E-state index in [0.717, 1.165) is 45.9 Å². The van der Waals surface area contributed by atoms with Crippen LogP contribution in [0, 0.1) is 10.5 Å². The molecule has 0 aliphatic rings. The Morgan fingerprint density at radius 3 is 2.40 bits per heavy atom. The van der Waals surface area contributed by atoms with Crippen LogP contribution in [0.1, 0.15) is 31.5 Å². The first-order chi connectivity index (χ1) is 9.65. The maximum absolute atomic E-state index is 4.70. The van der Waals surface area contributed by atoms with E-state index in [2.05, 4.69) is 77.9 Å². The lowest BCUT2D eigenvalue weighted by Crippen LogP contribution is -2.08. The van der Waals surface area contributed by atoms with Gasteiger partial charge in [-0.3, -0.25) is 0 Å². The number of nitrogens with one attached hydrogen (secondary N) is 1. The van der Waals surface area contributed by atoms with Crippen molar-refractivity contribution in [1.82, 2.24) is 9.97 Å². The van der Waals surface area contributed by atoms with Gasteiger partial charge in [0.05, 0.1) is 9.26 Å². The average molecular weight is 381 g/mol. The lowest BCUT2D eigenvalue weighted by atomic mass is 10.1. The third kappa shape index (κ3) is 3.48. The fraction of sp³-hybridized carbons (Fsp3) is 0.375. The first-order valence-corrected chi connectivity index (χ1v) is 8.10. The van der Waals surface area contributed by atoms with Crippen LogP contribution < -0.4 is 5.32 Å². The molecule has 0 fully saturated rings. The van der Waals surface area contributed by atoms with Gasteiger partial charge in [-0.05, 0) is 42.4 Å². The molecule has 4 heteroatoms. The third-order valence-corrected chi connectivity index (χ3v) is 4.24. The molecule has 0 spiro atoms. The molecule has 106 valence electrons. The highest BCUT2D eigenvalue weighted by Gasteiger charge is 2.11. The van der Waals surface area contributed by atoms with Crippen molar-refractivity contribution in [3.8, 4) is 11.4 Å². The quantitative estimate of drug-likeness (QED) is 0.779. The molecule has 0 radical (unpaired) electrons. The first-order valence-electron chi connectivity index (χ1n) is 7.03. The number of hydrogen-bond acceptors (Lipinski definition) is 3. The summed E-state index contributed by atoms with van der Waals surface area (Å²) in [7, 11) is 0. The second-order valence-corrected chi connectivity index (χ2v) is 5.88. The standard InChI is InChI=1S/C16H20IN3/c1-4-10-18-16-14(17)13(5-2)19-15(20-16)12-8-6-11(3)7-9-12/h6-9H,4-5,10H2,1-3H3,(H,18,19,20). The van der Waals surface area contributed by atoms with E-state index in [4.69, 9.17) is 4.98 Å². The van der Waals surface area contributed by atoms with Crippen molar-refractivity contribution < 1.29 is 0 Å². The molecule has 0 unspecified atom stereocenters. The van der Waals surface area contributed by atoms with Gasteiger partial charge in [-0.2, -0.15) is 0 Å². The van der Waals surface area contributed by atoms with Crippen LogP contribution in [0.5, 0.6) is 0 Å². The molecule has 0 aliphatic heterocycles. The minimum Gasteiger partial charge on any atom is -0.369 e. The number of benzene rings is 1. The minimum atomic E-state index is 0.806. The number of aryl methyl sites for hydroxylation is 2. The summed E-state index contributed by atoms with van der Waals surface area (Å²) in [5.41, 5.74) is 3.43. The van der Waals surface area contributed by atoms with Crippen molar-refractivity contribution in [3.63, 3.8) is 0 Å². The summed E-state index contributed by atoms with van der Waals surface area (Å²) in [4.78, 5) is 9.39. The molecule has 2 rings (SSSR count). The number of aromatic nitrogens is 2. The highest BCUT2D eigenvalue weighted by molar-refractivity contribution is 14.1. The predicted octanol–water partition coefficient (Wildman–Crippen LogP) is 4.44. The summed E-state index contributed by atoms with van der Waals surface area (Å²) in [5, 5.41) is 3.40. The minimum absolute atomic E-state index is 0.806. The van der Waals surface area contributed by atoms with Crippen molar-refractivity contribution in [3.05, 3.63) is 39.1 Å². The molecular weight excluding hydrogens is 361 g/mol. The van der Waals surface area contributed by atoms with Gasteiger partial charge in [-0.15, -0.1) is 0 Å². The Kier molecular flexibility index (Phi) is 5.34. The summed E-state index contributed by atoms with van der Waals surface area (Å²) >= 11 is 2.33. The van der Waals surface area contributed by atoms with Crippen LogP contribution in [-0.2, 0) is 6.42 Å². The second-order valence-electron chi connectivity index (χ2n) is 4.80. The highest BCUT2D eigenvalue weighted by atomic mass is 127. The van der Waals surface area contributed by atoms with E-state index in [9.17, 15) is 0 Å². The first kappa shape index (κ1) is 15.2. The van der Waals surface area contributed by atoms with Crippen LogP contribution in [0.2, 0.25) is 0 Å². The highest BCUT2D eigenvalue weighted by Crippen LogP contribution is 2.24. The maximum Gasteiger partial charge on any atom is 0.161 e. The van der Waals surface area contributed by atoms with E-state index in [1.807, 2.05) is 0 Å². The van der Waals surface area contributed by atoms with Crippen LogP contribution in [0.25, 0.3) is 11.4 Å². The molecule has 3 nitrogen and oxygen atoms in total. The Morgan fingerprint density at radius 2 is 1.80 bits per heavy atom. The number of hydrogen-bond donors (Lipinski definition) is 1. The molecule has 2 aromatic rings. The zero-order valence-electron chi connectivity index (χ0n) is 12.2. The maximum atomic E-state index is 4.70. The molecule has 0 saturated heterocycles. The Morgan fingerprint density at radius 1 is 1.10 bits per heavy atom. The van der Waals surface area contributed by atoms with E-state index in [0.29, 0.717) is 0 Å². The molecule has 1 heterocycles. The SMILES string of the molecule is CCCNc1nc(-c2ccc(C)cc2)nc(CC)c1I. The van der Waals surface area contributed by atoms with Gasteiger partial charge < -0.3 is 5.32 Å². The van der Waals surface area contributed by atoms with Crippen molar-refractivity contribution in [2.45, 2.75) is 33.6 Å². The van der Waals surface area contributed by atoms with E-state index in [1.54, 1.807) is 0 Å². The number of nitrogens with zero attached hydrogens (tertiary/aromatic N) is 2. The predicted molar refractivity (Wildman–Crippen MR) is 93.1 cm³/mol. The van der Waals surface area contributed by atoms with E-state index >= 15 is 0 Å². The van der Waals surface area contributed by atoms with Crippen molar-refractivity contribution >= 4 is 28.4 Å². The van der Waals surface area contributed by atoms with Crippen LogP contribution in [-0.4, -0.2) is 16.5 Å². The molecule has 1 aromatic heterocycles. The Bertz CT molecular complexity index is 579. The zero-order chi connectivity index (χ0) is 14.5. The molecule has 1 N–H and O–H groups in total. The van der Waals surface area contributed by atoms with E-state index in [-0.39, 0.29) is 0 Å². The van der Waals surface area contributed by atoms with Gasteiger partial charge >= 0.3 is 0 Å². The Hall–Kier alpha value is -1.17. The number of rotatable bonds is 5. The molecule has 20 heavy (non-hydrogen) atoms. The summed E-state index contributed by atoms with van der Waals surface area (Å²) in [6.07, 6.45) is 2.00. The Labute approximate surface area is 134 Å². The van der Waals surface area contributed by atoms with Gasteiger partial charge in [0, 0.05) is 12.1 Å². The summed E-state index contributed by atoms with van der Waals surface area (Å²) in [6.45, 7) is 7.31.